The van der Waals surface area contributed by atoms with E-state index < -0.39 is 5.60 Å². The molecule has 0 spiro atoms. The Morgan fingerprint density at radius 1 is 1.28 bits per heavy atom. The zero-order valence-electron chi connectivity index (χ0n) is 15.0. The number of aliphatic hydroxyl groups is 1. The van der Waals surface area contributed by atoms with Crippen molar-refractivity contribution in [2.24, 2.45) is 5.92 Å². The summed E-state index contributed by atoms with van der Waals surface area (Å²) in [7, 11) is 0. The Kier molecular flexibility index (Phi) is 5.13. The van der Waals surface area contributed by atoms with Gasteiger partial charge in [-0.25, -0.2) is 4.39 Å². The van der Waals surface area contributed by atoms with E-state index >= 15 is 0 Å². The Morgan fingerprint density at radius 2 is 1.96 bits per heavy atom. The summed E-state index contributed by atoms with van der Waals surface area (Å²) in [5.74, 6) is 0.121. The molecule has 0 atom stereocenters. The van der Waals surface area contributed by atoms with Crippen molar-refractivity contribution in [2.45, 2.75) is 51.6 Å². The minimum atomic E-state index is -0.571. The summed E-state index contributed by atoms with van der Waals surface area (Å²) >= 11 is 0. The highest BCUT2D eigenvalue weighted by Crippen LogP contribution is 2.31. The summed E-state index contributed by atoms with van der Waals surface area (Å²) in [6.45, 7) is 5.47. The van der Waals surface area contributed by atoms with Crippen molar-refractivity contribution in [3.63, 3.8) is 0 Å². The molecule has 2 N–H and O–H groups in total. The predicted molar refractivity (Wildman–Crippen MR) is 97.0 cm³/mol. The number of aromatic nitrogens is 1. The van der Waals surface area contributed by atoms with Crippen molar-refractivity contribution in [3.8, 4) is 0 Å². The molecule has 0 aliphatic carbocycles. The van der Waals surface area contributed by atoms with E-state index in [4.69, 9.17) is 0 Å². The molecule has 0 radical (unpaired) electrons. The molecule has 0 saturated carbocycles. The monoisotopic (exact) mass is 346 g/mol. The Balaban J connectivity index is 1.63. The minimum absolute atomic E-state index is 0.0312. The summed E-state index contributed by atoms with van der Waals surface area (Å²) in [5.41, 5.74) is 0.588. The zero-order valence-corrected chi connectivity index (χ0v) is 15.0. The van der Waals surface area contributed by atoms with Crippen molar-refractivity contribution >= 4 is 16.8 Å². The van der Waals surface area contributed by atoms with Gasteiger partial charge < -0.3 is 15.0 Å². The van der Waals surface area contributed by atoms with Gasteiger partial charge in [0.25, 0.3) is 5.91 Å². The van der Waals surface area contributed by atoms with Crippen LogP contribution in [-0.4, -0.2) is 39.6 Å². The third-order valence-corrected chi connectivity index (χ3v) is 5.70. The van der Waals surface area contributed by atoms with Gasteiger partial charge in [-0.1, -0.05) is 13.8 Å². The lowest BCUT2D eigenvalue weighted by molar-refractivity contribution is -0.00131. The maximum absolute atomic E-state index is 13.3. The maximum atomic E-state index is 13.3. The van der Waals surface area contributed by atoms with Crippen LogP contribution in [0.25, 0.3) is 10.9 Å². The van der Waals surface area contributed by atoms with Crippen molar-refractivity contribution in [2.75, 3.05) is 13.1 Å². The highest BCUT2D eigenvalue weighted by atomic mass is 19.1. The van der Waals surface area contributed by atoms with Crippen LogP contribution < -0.4 is 0 Å². The molecule has 0 bridgehead atoms. The number of halogens is 1. The first kappa shape index (κ1) is 17.9. The van der Waals surface area contributed by atoms with Crippen molar-refractivity contribution in [3.05, 3.63) is 35.8 Å². The number of piperidine rings is 1. The quantitative estimate of drug-likeness (QED) is 0.856. The van der Waals surface area contributed by atoms with Crippen LogP contribution in [0.4, 0.5) is 4.39 Å². The average molecular weight is 346 g/mol. The molecule has 1 saturated heterocycles. The van der Waals surface area contributed by atoms with E-state index in [-0.39, 0.29) is 11.7 Å². The fourth-order valence-electron chi connectivity index (χ4n) is 3.80. The highest BCUT2D eigenvalue weighted by Gasteiger charge is 2.31. The van der Waals surface area contributed by atoms with Crippen LogP contribution in [0.3, 0.4) is 0 Å². The number of amides is 1. The SMILES string of the molecule is CCC(O)(CC)CC1CCN(C(=O)c2cc3ccc(F)cc3[nH]2)CC1. The van der Waals surface area contributed by atoms with E-state index in [1.807, 2.05) is 18.7 Å². The second-order valence-electron chi connectivity index (χ2n) is 7.29. The van der Waals surface area contributed by atoms with Gasteiger partial charge in [-0.05, 0) is 62.3 Å². The number of nitrogens with zero attached hydrogens (tertiary/aromatic N) is 1. The summed E-state index contributed by atoms with van der Waals surface area (Å²) in [6.07, 6.45) is 4.20. The molecule has 1 aromatic heterocycles. The zero-order chi connectivity index (χ0) is 18.0. The van der Waals surface area contributed by atoms with Crippen LogP contribution in [0.1, 0.15) is 56.4 Å². The smallest absolute Gasteiger partial charge is 0.270 e. The van der Waals surface area contributed by atoms with Gasteiger partial charge >= 0.3 is 0 Å². The Morgan fingerprint density at radius 3 is 2.60 bits per heavy atom. The number of aromatic amines is 1. The Labute approximate surface area is 148 Å². The van der Waals surface area contributed by atoms with Crippen LogP contribution in [0.5, 0.6) is 0 Å². The van der Waals surface area contributed by atoms with E-state index in [1.54, 1.807) is 12.1 Å². The molecule has 1 aliphatic rings. The first-order valence-electron chi connectivity index (χ1n) is 9.24. The third-order valence-electron chi connectivity index (χ3n) is 5.70. The van der Waals surface area contributed by atoms with E-state index in [1.165, 1.54) is 12.1 Å². The molecule has 5 heteroatoms. The van der Waals surface area contributed by atoms with Gasteiger partial charge in [-0.15, -0.1) is 0 Å². The van der Waals surface area contributed by atoms with Gasteiger partial charge in [0.05, 0.1) is 5.60 Å². The number of likely N-dealkylation sites (tertiary alicyclic amines) is 1. The van der Waals surface area contributed by atoms with Crippen LogP contribution in [0.15, 0.2) is 24.3 Å². The largest absolute Gasteiger partial charge is 0.390 e. The van der Waals surface area contributed by atoms with E-state index in [0.717, 1.165) is 37.5 Å². The normalized spacial score (nSPS) is 16.6. The standard InChI is InChI=1S/C20H27FN2O2/c1-3-20(25,4-2)13-14-7-9-23(10-8-14)19(24)18-11-15-5-6-16(21)12-17(15)22-18/h5-6,11-12,14,22,25H,3-4,7-10,13H2,1-2H3. The average Bonchev–Trinajstić information content (AvgIpc) is 3.04. The molecule has 1 aromatic carbocycles. The topological polar surface area (TPSA) is 56.3 Å². The lowest BCUT2D eigenvalue weighted by Gasteiger charge is -2.36. The molecule has 25 heavy (non-hydrogen) atoms. The molecule has 136 valence electrons. The summed E-state index contributed by atoms with van der Waals surface area (Å²) < 4.78 is 13.3. The van der Waals surface area contributed by atoms with E-state index in [2.05, 4.69) is 4.98 Å². The molecule has 4 nitrogen and oxygen atoms in total. The lowest BCUT2D eigenvalue weighted by atomic mass is 9.82. The van der Waals surface area contributed by atoms with Crippen LogP contribution >= 0.6 is 0 Å². The minimum Gasteiger partial charge on any atom is -0.390 e. The molecular weight excluding hydrogens is 319 g/mol. The van der Waals surface area contributed by atoms with Gasteiger partial charge in [-0.3, -0.25) is 4.79 Å². The number of fused-ring (bicyclic) bond motifs is 1. The lowest BCUT2D eigenvalue weighted by Crippen LogP contribution is -2.41. The summed E-state index contributed by atoms with van der Waals surface area (Å²) in [4.78, 5) is 17.6. The second kappa shape index (κ2) is 7.16. The molecule has 2 aromatic rings. The van der Waals surface area contributed by atoms with Gasteiger partial charge in [0.2, 0.25) is 0 Å². The number of rotatable bonds is 5. The summed E-state index contributed by atoms with van der Waals surface area (Å²) in [5, 5.41) is 11.4. The Hall–Kier alpha value is -1.88. The molecule has 1 aliphatic heterocycles. The third kappa shape index (κ3) is 3.87. The molecule has 1 amide bonds. The molecule has 0 unspecified atom stereocenters. The molecule has 3 rings (SSSR count). The number of nitrogens with one attached hydrogen (secondary N) is 1. The number of hydrogen-bond acceptors (Lipinski definition) is 2. The number of carbonyl (C=O) groups is 1. The second-order valence-corrected chi connectivity index (χ2v) is 7.29. The highest BCUT2D eigenvalue weighted by molar-refractivity contribution is 5.98. The van der Waals surface area contributed by atoms with Crippen LogP contribution in [-0.2, 0) is 0 Å². The van der Waals surface area contributed by atoms with Gasteiger partial charge in [-0.2, -0.15) is 0 Å². The number of benzene rings is 1. The van der Waals surface area contributed by atoms with E-state index in [0.29, 0.717) is 30.2 Å². The van der Waals surface area contributed by atoms with Crippen molar-refractivity contribution in [1.29, 1.82) is 0 Å². The van der Waals surface area contributed by atoms with Crippen molar-refractivity contribution < 1.29 is 14.3 Å². The van der Waals surface area contributed by atoms with Gasteiger partial charge in [0, 0.05) is 24.0 Å². The molecule has 2 heterocycles. The van der Waals surface area contributed by atoms with E-state index in [9.17, 15) is 14.3 Å². The number of H-pyrrole nitrogens is 1. The number of carbonyl (C=O) groups excluding carboxylic acids is 1. The first-order chi connectivity index (χ1) is 11.9. The predicted octanol–water partition coefficient (Wildman–Crippen LogP) is 4.10. The fourth-order valence-corrected chi connectivity index (χ4v) is 3.80. The number of hydrogen-bond donors (Lipinski definition) is 2. The van der Waals surface area contributed by atoms with Crippen LogP contribution in [0.2, 0.25) is 0 Å². The maximum Gasteiger partial charge on any atom is 0.270 e. The Bertz CT molecular complexity index is 743. The molecule has 1 fully saturated rings. The first-order valence-corrected chi connectivity index (χ1v) is 9.24. The molecular formula is C20H27FN2O2. The van der Waals surface area contributed by atoms with Gasteiger partial charge in [0.15, 0.2) is 0 Å². The van der Waals surface area contributed by atoms with Gasteiger partial charge in [0.1, 0.15) is 11.5 Å². The summed E-state index contributed by atoms with van der Waals surface area (Å²) in [6, 6.07) is 6.28. The van der Waals surface area contributed by atoms with Crippen LogP contribution in [0, 0.1) is 11.7 Å². The van der Waals surface area contributed by atoms with Crippen molar-refractivity contribution in [1.82, 2.24) is 9.88 Å². The fraction of sp³-hybridized carbons (Fsp3) is 0.550.